The van der Waals surface area contributed by atoms with E-state index in [0.717, 1.165) is 11.8 Å². The van der Waals surface area contributed by atoms with Crippen molar-refractivity contribution < 1.29 is 13.2 Å². The summed E-state index contributed by atoms with van der Waals surface area (Å²) in [5.41, 5.74) is 1.44. The zero-order valence-corrected chi connectivity index (χ0v) is 15.5. The van der Waals surface area contributed by atoms with Gasteiger partial charge in [0, 0.05) is 17.5 Å². The molecular weight excluding hydrogens is 374 g/mol. The van der Waals surface area contributed by atoms with Crippen LogP contribution in [0.4, 0.5) is 5.69 Å². The van der Waals surface area contributed by atoms with Gasteiger partial charge >= 0.3 is 0 Å². The van der Waals surface area contributed by atoms with Crippen molar-refractivity contribution in [2.24, 2.45) is 0 Å². The molecule has 134 valence electrons. The number of nitrogens with zero attached hydrogens (tertiary/aromatic N) is 2. The average Bonchev–Trinajstić information content (AvgIpc) is 3.05. The smallest absolute Gasteiger partial charge is 0.258 e. The van der Waals surface area contributed by atoms with Crippen LogP contribution in [0.2, 0.25) is 5.02 Å². The highest BCUT2D eigenvalue weighted by Gasteiger charge is 2.16. The molecule has 0 aliphatic rings. The van der Waals surface area contributed by atoms with Crippen molar-refractivity contribution in [3.8, 4) is 0 Å². The Morgan fingerprint density at radius 1 is 1.15 bits per heavy atom. The monoisotopic (exact) mass is 389 g/mol. The largest absolute Gasteiger partial charge is 0.321 e. The van der Waals surface area contributed by atoms with Crippen LogP contribution in [0.5, 0.6) is 0 Å². The highest BCUT2D eigenvalue weighted by molar-refractivity contribution is 7.90. The van der Waals surface area contributed by atoms with Gasteiger partial charge in [-0.05, 0) is 23.8 Å². The molecule has 0 saturated carbocycles. The quantitative estimate of drug-likeness (QED) is 0.726. The van der Waals surface area contributed by atoms with Gasteiger partial charge in [0.2, 0.25) is 0 Å². The van der Waals surface area contributed by atoms with Gasteiger partial charge < -0.3 is 5.32 Å². The van der Waals surface area contributed by atoms with Gasteiger partial charge in [0.1, 0.15) is 0 Å². The van der Waals surface area contributed by atoms with Gasteiger partial charge in [-0.25, -0.2) is 8.42 Å². The van der Waals surface area contributed by atoms with Crippen LogP contribution >= 0.6 is 11.6 Å². The van der Waals surface area contributed by atoms with E-state index >= 15 is 0 Å². The van der Waals surface area contributed by atoms with Crippen molar-refractivity contribution in [2.45, 2.75) is 11.4 Å². The van der Waals surface area contributed by atoms with E-state index in [1.807, 2.05) is 18.2 Å². The first-order valence-electron chi connectivity index (χ1n) is 7.71. The van der Waals surface area contributed by atoms with Gasteiger partial charge in [-0.1, -0.05) is 41.9 Å². The normalized spacial score (nSPS) is 11.3. The minimum Gasteiger partial charge on any atom is -0.321 e. The van der Waals surface area contributed by atoms with Crippen molar-refractivity contribution in [3.05, 3.63) is 77.1 Å². The molecule has 1 heterocycles. The maximum atomic E-state index is 12.4. The van der Waals surface area contributed by atoms with E-state index in [1.54, 1.807) is 35.1 Å². The van der Waals surface area contributed by atoms with Gasteiger partial charge in [0.05, 0.1) is 28.9 Å². The number of benzene rings is 2. The number of carbonyl (C=O) groups is 1. The highest BCUT2D eigenvalue weighted by Crippen LogP contribution is 2.21. The number of amides is 1. The summed E-state index contributed by atoms with van der Waals surface area (Å²) in [6.07, 6.45) is 4.11. The number of nitrogens with one attached hydrogen (secondary N) is 1. The Morgan fingerprint density at radius 2 is 1.85 bits per heavy atom. The van der Waals surface area contributed by atoms with Crippen LogP contribution < -0.4 is 5.32 Å². The van der Waals surface area contributed by atoms with Crippen LogP contribution in [-0.2, 0) is 16.4 Å². The van der Waals surface area contributed by atoms with Crippen molar-refractivity contribution in [1.82, 2.24) is 9.78 Å². The Kier molecular flexibility index (Phi) is 5.11. The molecule has 3 rings (SSSR count). The van der Waals surface area contributed by atoms with Gasteiger partial charge in [0.15, 0.2) is 9.84 Å². The summed E-state index contributed by atoms with van der Waals surface area (Å²) < 4.78 is 25.3. The summed E-state index contributed by atoms with van der Waals surface area (Å²) in [6, 6.07) is 13.6. The zero-order valence-electron chi connectivity index (χ0n) is 13.9. The molecule has 1 amide bonds. The summed E-state index contributed by atoms with van der Waals surface area (Å²) >= 11 is 6.13. The van der Waals surface area contributed by atoms with Crippen LogP contribution in [0.25, 0.3) is 0 Å². The van der Waals surface area contributed by atoms with E-state index < -0.39 is 15.7 Å². The lowest BCUT2D eigenvalue weighted by molar-refractivity contribution is 0.102. The molecule has 3 aromatic rings. The molecule has 26 heavy (non-hydrogen) atoms. The second-order valence-corrected chi connectivity index (χ2v) is 8.13. The molecule has 0 atom stereocenters. The van der Waals surface area contributed by atoms with E-state index in [1.165, 1.54) is 12.3 Å². The average molecular weight is 390 g/mol. The predicted molar refractivity (Wildman–Crippen MR) is 100 cm³/mol. The summed E-state index contributed by atoms with van der Waals surface area (Å²) in [5.74, 6) is -0.438. The van der Waals surface area contributed by atoms with Gasteiger partial charge in [-0.2, -0.15) is 5.10 Å². The van der Waals surface area contributed by atoms with Crippen molar-refractivity contribution >= 4 is 33.0 Å². The lowest BCUT2D eigenvalue weighted by Gasteiger charge is -2.08. The fraction of sp³-hybridized carbons (Fsp3) is 0.111. The van der Waals surface area contributed by atoms with Crippen LogP contribution in [-0.4, -0.2) is 30.4 Å². The van der Waals surface area contributed by atoms with Crippen molar-refractivity contribution in [3.63, 3.8) is 0 Å². The molecule has 0 radical (unpaired) electrons. The summed E-state index contributed by atoms with van der Waals surface area (Å²) in [5, 5.41) is 7.41. The number of aromatic nitrogens is 2. The second kappa shape index (κ2) is 7.31. The Labute approximate surface area is 156 Å². The lowest BCUT2D eigenvalue weighted by atomic mass is 10.2. The first-order chi connectivity index (χ1) is 12.3. The molecule has 0 unspecified atom stereocenters. The van der Waals surface area contributed by atoms with Crippen LogP contribution in [0.3, 0.4) is 0 Å². The third-order valence-corrected chi connectivity index (χ3v) is 5.24. The Balaban J connectivity index is 1.79. The van der Waals surface area contributed by atoms with Gasteiger partial charge in [-0.3, -0.25) is 9.48 Å². The number of rotatable bonds is 5. The fourth-order valence-electron chi connectivity index (χ4n) is 2.46. The second-order valence-electron chi connectivity index (χ2n) is 5.74. The van der Waals surface area contributed by atoms with Gasteiger partial charge in [-0.15, -0.1) is 0 Å². The van der Waals surface area contributed by atoms with E-state index in [9.17, 15) is 13.2 Å². The van der Waals surface area contributed by atoms with E-state index in [0.29, 0.717) is 17.1 Å². The molecule has 2 aromatic carbocycles. The topological polar surface area (TPSA) is 81.1 Å². The molecule has 6 nitrogen and oxygen atoms in total. The number of hydrogen-bond donors (Lipinski definition) is 1. The Hall–Kier alpha value is -2.64. The minimum atomic E-state index is -3.45. The predicted octanol–water partition coefficient (Wildman–Crippen LogP) is 3.24. The minimum absolute atomic E-state index is 0.0665. The maximum absolute atomic E-state index is 12.4. The number of halogens is 1. The van der Waals surface area contributed by atoms with E-state index in [2.05, 4.69) is 10.4 Å². The standard InChI is InChI=1S/C18H16ClN3O3S/c1-26(24,25)17-9-5-4-8-16(17)21-18(23)14-10-20-22(12-14)11-13-6-2-3-7-15(13)19/h2-10,12H,11H2,1H3,(H,21,23). The fourth-order valence-corrected chi connectivity index (χ4v) is 3.50. The van der Waals surface area contributed by atoms with Crippen molar-refractivity contribution in [1.29, 1.82) is 0 Å². The summed E-state index contributed by atoms with van der Waals surface area (Å²) in [6.45, 7) is 0.423. The SMILES string of the molecule is CS(=O)(=O)c1ccccc1NC(=O)c1cnn(Cc2ccccc2Cl)c1. The van der Waals surface area contributed by atoms with E-state index in [4.69, 9.17) is 11.6 Å². The first-order valence-corrected chi connectivity index (χ1v) is 9.98. The molecule has 0 spiro atoms. The molecule has 0 bridgehead atoms. The number of anilines is 1. The summed E-state index contributed by atoms with van der Waals surface area (Å²) in [4.78, 5) is 12.5. The lowest BCUT2D eigenvalue weighted by Crippen LogP contribution is -2.14. The van der Waals surface area contributed by atoms with Crippen LogP contribution in [0.1, 0.15) is 15.9 Å². The molecule has 0 fully saturated rings. The molecule has 1 aromatic heterocycles. The van der Waals surface area contributed by atoms with Crippen LogP contribution in [0, 0.1) is 0 Å². The molecule has 8 heteroatoms. The Bertz CT molecular complexity index is 1060. The van der Waals surface area contributed by atoms with Crippen LogP contribution in [0.15, 0.2) is 65.8 Å². The number of hydrogen-bond acceptors (Lipinski definition) is 4. The number of carbonyl (C=O) groups excluding carboxylic acids is 1. The molecule has 0 saturated heterocycles. The maximum Gasteiger partial charge on any atom is 0.258 e. The zero-order chi connectivity index (χ0) is 18.7. The highest BCUT2D eigenvalue weighted by atomic mass is 35.5. The molecule has 0 aliphatic heterocycles. The molecule has 0 aliphatic carbocycles. The Morgan fingerprint density at radius 3 is 2.58 bits per heavy atom. The molecule has 1 N–H and O–H groups in total. The van der Waals surface area contributed by atoms with E-state index in [-0.39, 0.29) is 10.6 Å². The van der Waals surface area contributed by atoms with Crippen molar-refractivity contribution in [2.75, 3.05) is 11.6 Å². The first kappa shape index (κ1) is 18.2. The summed E-state index contributed by atoms with van der Waals surface area (Å²) in [7, 11) is -3.45. The molecular formula is C18H16ClN3O3S. The third-order valence-electron chi connectivity index (χ3n) is 3.72. The number of sulfone groups is 1. The third kappa shape index (κ3) is 4.12. The van der Waals surface area contributed by atoms with Gasteiger partial charge in [0.25, 0.3) is 5.91 Å². The number of para-hydroxylation sites is 1.